The average Bonchev–Trinajstić information content (AvgIpc) is 2.68. The number of thiophene rings is 1. The maximum atomic E-state index is 2.35. The van der Waals surface area contributed by atoms with Gasteiger partial charge in [-0.2, -0.15) is 0 Å². The molecule has 0 atom stereocenters. The minimum atomic E-state index is 1.13. The highest BCUT2D eigenvalue weighted by Crippen LogP contribution is 2.25. The van der Waals surface area contributed by atoms with Crippen LogP contribution in [0.2, 0.25) is 0 Å². The van der Waals surface area contributed by atoms with Gasteiger partial charge in [-0.3, -0.25) is 0 Å². The molecule has 0 aliphatic carbocycles. The Bertz CT molecular complexity index is 400. The Morgan fingerprint density at radius 3 is 2.80 bits per heavy atom. The second-order valence-electron chi connectivity index (χ2n) is 3.90. The summed E-state index contributed by atoms with van der Waals surface area (Å²) in [6.45, 7) is 4.49. The van der Waals surface area contributed by atoms with E-state index in [-0.39, 0.29) is 0 Å². The number of rotatable bonds is 4. The van der Waals surface area contributed by atoms with Crippen molar-refractivity contribution in [3.8, 4) is 0 Å². The highest BCUT2D eigenvalue weighted by Gasteiger charge is 2.02. The van der Waals surface area contributed by atoms with Gasteiger partial charge >= 0.3 is 0 Å². The fraction of sp³-hybridized carbons (Fsp3) is 0.385. The van der Waals surface area contributed by atoms with Gasteiger partial charge in [0.25, 0.3) is 0 Å². The van der Waals surface area contributed by atoms with E-state index >= 15 is 0 Å². The molecular formula is C13H17NS. The lowest BCUT2D eigenvalue weighted by atomic mass is 10.2. The molecule has 0 spiro atoms. The summed E-state index contributed by atoms with van der Waals surface area (Å²) < 4.78 is 1.41. The fourth-order valence-corrected chi connectivity index (χ4v) is 2.67. The van der Waals surface area contributed by atoms with E-state index in [2.05, 4.69) is 49.2 Å². The monoisotopic (exact) mass is 219 g/mol. The zero-order valence-corrected chi connectivity index (χ0v) is 10.2. The summed E-state index contributed by atoms with van der Waals surface area (Å²) in [4.78, 5) is 3.85. The molecule has 15 heavy (non-hydrogen) atoms. The summed E-state index contributed by atoms with van der Waals surface area (Å²) >= 11 is 1.92. The van der Waals surface area contributed by atoms with Gasteiger partial charge in [0.05, 0.1) is 0 Å². The van der Waals surface area contributed by atoms with Gasteiger partial charge in [0.15, 0.2) is 0 Å². The molecular weight excluding hydrogens is 202 g/mol. The topological polar surface area (TPSA) is 3.24 Å². The highest BCUT2D eigenvalue weighted by atomic mass is 32.1. The molecule has 1 aromatic heterocycles. The molecule has 0 aliphatic heterocycles. The quantitative estimate of drug-likeness (QED) is 0.762. The van der Waals surface area contributed by atoms with Crippen LogP contribution in [0.3, 0.4) is 0 Å². The third-order valence-corrected chi connectivity index (χ3v) is 3.93. The van der Waals surface area contributed by atoms with E-state index < -0.39 is 0 Å². The molecule has 0 bridgehead atoms. The number of fused-ring (bicyclic) bond motifs is 1. The predicted molar refractivity (Wildman–Crippen MR) is 68.7 cm³/mol. The van der Waals surface area contributed by atoms with Crippen LogP contribution in [0.1, 0.15) is 11.8 Å². The number of hydrogen-bond acceptors (Lipinski definition) is 2. The number of benzene rings is 1. The van der Waals surface area contributed by atoms with Crippen LogP contribution in [0.15, 0.2) is 30.3 Å². The van der Waals surface area contributed by atoms with Crippen LogP contribution in [-0.2, 0) is 6.42 Å². The molecule has 0 amide bonds. The van der Waals surface area contributed by atoms with E-state index in [0.717, 1.165) is 13.1 Å². The largest absolute Gasteiger partial charge is 0.306 e. The highest BCUT2D eigenvalue weighted by molar-refractivity contribution is 7.19. The molecule has 1 heterocycles. The van der Waals surface area contributed by atoms with E-state index in [9.17, 15) is 0 Å². The van der Waals surface area contributed by atoms with Crippen molar-refractivity contribution in [2.75, 3.05) is 20.1 Å². The SMILES string of the molecule is CCN(C)CCc1cc2ccccc2s1. The van der Waals surface area contributed by atoms with Gasteiger partial charge < -0.3 is 4.90 Å². The zero-order chi connectivity index (χ0) is 10.7. The van der Waals surface area contributed by atoms with Crippen molar-refractivity contribution in [1.82, 2.24) is 4.90 Å². The van der Waals surface area contributed by atoms with Gasteiger partial charge in [0.1, 0.15) is 0 Å². The van der Waals surface area contributed by atoms with Gasteiger partial charge in [0, 0.05) is 16.1 Å². The van der Waals surface area contributed by atoms with Crippen LogP contribution in [0.25, 0.3) is 10.1 Å². The van der Waals surface area contributed by atoms with Gasteiger partial charge in [-0.05, 0) is 37.5 Å². The van der Waals surface area contributed by atoms with E-state index in [1.807, 2.05) is 11.3 Å². The number of likely N-dealkylation sites (N-methyl/N-ethyl adjacent to an activating group) is 1. The molecule has 2 heteroatoms. The normalized spacial score (nSPS) is 11.4. The Morgan fingerprint density at radius 1 is 1.27 bits per heavy atom. The first-order chi connectivity index (χ1) is 7.29. The van der Waals surface area contributed by atoms with Crippen molar-refractivity contribution in [3.05, 3.63) is 35.2 Å². The smallest absolute Gasteiger partial charge is 0.0345 e. The molecule has 0 fully saturated rings. The third kappa shape index (κ3) is 2.58. The van der Waals surface area contributed by atoms with Crippen molar-refractivity contribution < 1.29 is 0 Å². The van der Waals surface area contributed by atoms with Crippen LogP contribution in [-0.4, -0.2) is 25.0 Å². The second kappa shape index (κ2) is 4.77. The molecule has 1 nitrogen and oxygen atoms in total. The molecule has 0 saturated heterocycles. The van der Waals surface area contributed by atoms with E-state index in [1.54, 1.807) is 0 Å². The fourth-order valence-electron chi connectivity index (χ4n) is 1.62. The van der Waals surface area contributed by atoms with Crippen LogP contribution >= 0.6 is 11.3 Å². The number of nitrogens with zero attached hydrogens (tertiary/aromatic N) is 1. The van der Waals surface area contributed by atoms with Crippen molar-refractivity contribution in [1.29, 1.82) is 0 Å². The summed E-state index contributed by atoms with van der Waals surface area (Å²) in [5.41, 5.74) is 0. The average molecular weight is 219 g/mol. The molecule has 80 valence electrons. The van der Waals surface area contributed by atoms with Crippen LogP contribution in [0.5, 0.6) is 0 Å². The maximum Gasteiger partial charge on any atom is 0.0345 e. The maximum absolute atomic E-state index is 2.35. The summed E-state index contributed by atoms with van der Waals surface area (Å²) in [5.74, 6) is 0. The Labute approximate surface area is 95.3 Å². The Morgan fingerprint density at radius 2 is 2.07 bits per heavy atom. The van der Waals surface area contributed by atoms with Crippen molar-refractivity contribution in [3.63, 3.8) is 0 Å². The minimum Gasteiger partial charge on any atom is -0.306 e. The molecule has 0 unspecified atom stereocenters. The van der Waals surface area contributed by atoms with E-state index in [1.165, 1.54) is 21.4 Å². The Kier molecular flexibility index (Phi) is 3.39. The molecule has 0 saturated carbocycles. The van der Waals surface area contributed by atoms with E-state index in [4.69, 9.17) is 0 Å². The molecule has 1 aromatic carbocycles. The Hall–Kier alpha value is -0.860. The summed E-state index contributed by atoms with van der Waals surface area (Å²) in [6.07, 6.45) is 1.17. The van der Waals surface area contributed by atoms with Crippen LogP contribution in [0.4, 0.5) is 0 Å². The lowest BCUT2D eigenvalue weighted by molar-refractivity contribution is 0.358. The number of hydrogen-bond donors (Lipinski definition) is 0. The van der Waals surface area contributed by atoms with Crippen molar-refractivity contribution >= 4 is 21.4 Å². The zero-order valence-electron chi connectivity index (χ0n) is 9.36. The third-order valence-electron chi connectivity index (χ3n) is 2.76. The molecule has 0 radical (unpaired) electrons. The summed E-state index contributed by atoms with van der Waals surface area (Å²) in [5, 5.41) is 1.39. The van der Waals surface area contributed by atoms with Gasteiger partial charge in [-0.1, -0.05) is 25.1 Å². The summed E-state index contributed by atoms with van der Waals surface area (Å²) in [7, 11) is 2.17. The first kappa shape index (κ1) is 10.7. The molecule has 0 N–H and O–H groups in total. The van der Waals surface area contributed by atoms with Gasteiger partial charge in [-0.25, -0.2) is 0 Å². The standard InChI is InChI=1S/C13H17NS/c1-3-14(2)9-8-12-10-11-6-4-5-7-13(11)15-12/h4-7,10H,3,8-9H2,1-2H3. The van der Waals surface area contributed by atoms with Crippen molar-refractivity contribution in [2.24, 2.45) is 0 Å². The van der Waals surface area contributed by atoms with Crippen LogP contribution < -0.4 is 0 Å². The minimum absolute atomic E-state index is 1.13. The van der Waals surface area contributed by atoms with Crippen LogP contribution in [0, 0.1) is 0 Å². The molecule has 2 aromatic rings. The lowest BCUT2D eigenvalue weighted by Gasteiger charge is -2.11. The predicted octanol–water partition coefficient (Wildman–Crippen LogP) is 3.40. The van der Waals surface area contributed by atoms with Crippen molar-refractivity contribution in [2.45, 2.75) is 13.3 Å². The first-order valence-corrected chi connectivity index (χ1v) is 6.27. The summed E-state index contributed by atoms with van der Waals surface area (Å²) in [6, 6.07) is 10.9. The lowest BCUT2D eigenvalue weighted by Crippen LogP contribution is -2.19. The second-order valence-corrected chi connectivity index (χ2v) is 5.06. The molecule has 2 rings (SSSR count). The van der Waals surface area contributed by atoms with E-state index in [0.29, 0.717) is 0 Å². The Balaban J connectivity index is 2.09. The molecule has 0 aliphatic rings. The van der Waals surface area contributed by atoms with Gasteiger partial charge in [-0.15, -0.1) is 11.3 Å². The van der Waals surface area contributed by atoms with Gasteiger partial charge in [0.2, 0.25) is 0 Å². The first-order valence-electron chi connectivity index (χ1n) is 5.45.